The molecule has 2 N–H and O–H groups in total. The van der Waals surface area contributed by atoms with E-state index in [1.54, 1.807) is 10.6 Å². The molecule has 15 heteroatoms. The summed E-state index contributed by atoms with van der Waals surface area (Å²) in [6.07, 6.45) is -10.2. The first-order valence-corrected chi connectivity index (χ1v) is 9.61. The lowest BCUT2D eigenvalue weighted by atomic mass is 10.3. The maximum Gasteiger partial charge on any atom is 0.471 e. The predicted octanol–water partition coefficient (Wildman–Crippen LogP) is 1.87. The van der Waals surface area contributed by atoms with Crippen LogP contribution in [0.4, 0.5) is 26.3 Å². The average molecular weight is 445 g/mol. The topological polar surface area (TPSA) is 97.0 Å². The van der Waals surface area contributed by atoms with Crippen molar-refractivity contribution in [1.29, 1.82) is 0 Å². The van der Waals surface area contributed by atoms with E-state index in [2.05, 4.69) is 0 Å². The third-order valence-electron chi connectivity index (χ3n) is 3.32. The number of hydrogen-bond acceptors (Lipinski definition) is 6. The highest BCUT2D eigenvalue weighted by Gasteiger charge is 2.39. The molecule has 0 aliphatic carbocycles. The van der Waals surface area contributed by atoms with Crippen LogP contribution in [0.1, 0.15) is 12.8 Å². The van der Waals surface area contributed by atoms with Crippen molar-refractivity contribution in [3.8, 4) is 0 Å². The molecule has 8 nitrogen and oxygen atoms in total. The number of amides is 2. The fourth-order valence-electron chi connectivity index (χ4n) is 1.90. The van der Waals surface area contributed by atoms with Gasteiger partial charge in [0.2, 0.25) is 0 Å². The summed E-state index contributed by atoms with van der Waals surface area (Å²) in [6.45, 7) is -0.571. The summed E-state index contributed by atoms with van der Waals surface area (Å²) in [4.78, 5) is 22.9. The Morgan fingerprint density at radius 2 is 1.21 bits per heavy atom. The van der Waals surface area contributed by atoms with Gasteiger partial charge < -0.3 is 19.7 Å². The van der Waals surface area contributed by atoms with Gasteiger partial charge in [-0.05, 0) is 12.8 Å². The molecule has 0 fully saturated rings. The lowest BCUT2D eigenvalue weighted by molar-refractivity contribution is -0.173. The molecule has 0 unspecified atom stereocenters. The number of nitrogens with one attached hydrogen (secondary N) is 2. The summed E-state index contributed by atoms with van der Waals surface area (Å²) in [7, 11) is -1.29. The summed E-state index contributed by atoms with van der Waals surface area (Å²) < 4.78 is 94.3. The minimum atomic E-state index is -5.02. The Bertz CT molecular complexity index is 516. The van der Waals surface area contributed by atoms with E-state index >= 15 is 0 Å². The Balaban J connectivity index is 4.57. The number of nitrogens with zero attached hydrogens (tertiary/aromatic N) is 1. The molecule has 2 amide bonds. The number of rotatable bonds is 12. The molecule has 0 atom stereocenters. The fraction of sp³-hybridized carbons (Fsp3) is 0.846. The lowest BCUT2D eigenvalue weighted by Crippen LogP contribution is -2.39. The molecule has 0 spiro atoms. The molecule has 166 valence electrons. The average Bonchev–Trinajstić information content (AvgIpc) is 2.59. The first-order valence-electron chi connectivity index (χ1n) is 7.88. The molecule has 0 rings (SSSR count). The zero-order valence-electron chi connectivity index (χ0n) is 15.2. The maximum absolute atomic E-state index is 12.2. The van der Waals surface area contributed by atoms with Gasteiger partial charge in [0.1, 0.15) is 6.29 Å². The molecule has 0 aromatic rings. The quantitative estimate of drug-likeness (QED) is 0.271. The van der Waals surface area contributed by atoms with Gasteiger partial charge in [-0.2, -0.15) is 26.3 Å². The van der Waals surface area contributed by atoms with E-state index in [0.717, 1.165) is 14.2 Å². The number of alkyl halides is 6. The van der Waals surface area contributed by atoms with Gasteiger partial charge in [0, 0.05) is 40.4 Å². The molecule has 0 heterocycles. The molecule has 0 aromatic carbocycles. The molecule has 0 bridgehead atoms. The van der Waals surface area contributed by atoms with Crippen molar-refractivity contribution < 1.29 is 49.5 Å². The molecular weight excluding hydrogens is 423 g/mol. The second kappa shape index (κ2) is 11.6. The van der Waals surface area contributed by atoms with Crippen molar-refractivity contribution in [1.82, 2.24) is 15.5 Å². The fourth-order valence-corrected chi connectivity index (χ4v) is 3.05. The number of hydrogen-bond donors (Lipinski definition) is 2. The third kappa shape index (κ3) is 10.8. The molecule has 0 aliphatic heterocycles. The SMILES string of the molecule is COP(=O)(CN(CCCNC(=O)C(F)(F)F)CCCNC(=O)C(F)(F)F)OC. The minimum absolute atomic E-state index is 0.0319. The van der Waals surface area contributed by atoms with E-state index in [1.807, 2.05) is 0 Å². The van der Waals surface area contributed by atoms with Crippen molar-refractivity contribution >= 4 is 19.4 Å². The van der Waals surface area contributed by atoms with Crippen LogP contribution in [0.5, 0.6) is 0 Å². The van der Waals surface area contributed by atoms with Crippen LogP contribution in [-0.4, -0.2) is 75.8 Å². The van der Waals surface area contributed by atoms with E-state index in [4.69, 9.17) is 9.05 Å². The number of halogens is 6. The Hall–Kier alpha value is -1.37. The summed E-state index contributed by atoms with van der Waals surface area (Å²) in [6, 6.07) is 0. The van der Waals surface area contributed by atoms with Gasteiger partial charge >= 0.3 is 31.8 Å². The lowest BCUT2D eigenvalue weighted by Gasteiger charge is -2.25. The van der Waals surface area contributed by atoms with Gasteiger partial charge in [-0.1, -0.05) is 0 Å². The molecule has 0 saturated heterocycles. The maximum atomic E-state index is 12.2. The number of carbonyl (C=O) groups excluding carboxylic acids is 2. The Kier molecular flexibility index (Phi) is 11.0. The van der Waals surface area contributed by atoms with Gasteiger partial charge in [-0.15, -0.1) is 0 Å². The van der Waals surface area contributed by atoms with Crippen LogP contribution < -0.4 is 10.6 Å². The summed E-state index contributed by atoms with van der Waals surface area (Å²) in [5, 5.41) is 3.33. The Labute approximate surface area is 157 Å². The van der Waals surface area contributed by atoms with Crippen LogP contribution in [0.2, 0.25) is 0 Å². The van der Waals surface area contributed by atoms with Gasteiger partial charge in [0.25, 0.3) is 0 Å². The molecular formula is C13H22F6N3O5P. The molecule has 0 saturated carbocycles. The van der Waals surface area contributed by atoms with Crippen LogP contribution >= 0.6 is 7.60 Å². The van der Waals surface area contributed by atoms with Crippen LogP contribution in [0, 0.1) is 0 Å². The highest BCUT2D eigenvalue weighted by molar-refractivity contribution is 7.53. The van der Waals surface area contributed by atoms with Gasteiger partial charge in [-0.3, -0.25) is 19.1 Å². The highest BCUT2D eigenvalue weighted by Crippen LogP contribution is 2.46. The van der Waals surface area contributed by atoms with Gasteiger partial charge in [0.05, 0.1) is 0 Å². The second-order valence-corrected chi connectivity index (χ2v) is 7.68. The molecule has 28 heavy (non-hydrogen) atoms. The first-order chi connectivity index (χ1) is 12.7. The third-order valence-corrected chi connectivity index (χ3v) is 5.18. The first kappa shape index (κ1) is 26.6. The van der Waals surface area contributed by atoms with Crippen LogP contribution in [0.15, 0.2) is 0 Å². The van der Waals surface area contributed by atoms with E-state index in [9.17, 15) is 40.5 Å². The van der Waals surface area contributed by atoms with Crippen LogP contribution in [-0.2, 0) is 23.2 Å². The van der Waals surface area contributed by atoms with E-state index < -0.39 is 31.8 Å². The molecule has 0 aliphatic rings. The van der Waals surface area contributed by atoms with Gasteiger partial charge in [-0.25, -0.2) is 0 Å². The van der Waals surface area contributed by atoms with Crippen molar-refractivity contribution in [2.75, 3.05) is 46.7 Å². The summed E-state index contributed by atoms with van der Waals surface area (Å²) >= 11 is 0. The monoisotopic (exact) mass is 445 g/mol. The van der Waals surface area contributed by atoms with E-state index in [0.29, 0.717) is 0 Å². The molecule has 0 radical (unpaired) electrons. The normalized spacial score (nSPS) is 12.9. The number of carbonyl (C=O) groups is 2. The smallest absolute Gasteiger partial charge is 0.348 e. The van der Waals surface area contributed by atoms with Gasteiger partial charge in [0.15, 0.2) is 0 Å². The van der Waals surface area contributed by atoms with Crippen molar-refractivity contribution in [2.45, 2.75) is 25.2 Å². The zero-order valence-corrected chi connectivity index (χ0v) is 16.0. The van der Waals surface area contributed by atoms with Crippen LogP contribution in [0.25, 0.3) is 0 Å². The minimum Gasteiger partial charge on any atom is -0.348 e. The van der Waals surface area contributed by atoms with Crippen molar-refractivity contribution in [3.63, 3.8) is 0 Å². The predicted molar refractivity (Wildman–Crippen MR) is 85.4 cm³/mol. The molecule has 0 aromatic heterocycles. The standard InChI is InChI=1S/C13H22F6N3O5P/c1-26-28(25,27-2)9-22(7-3-5-20-10(23)12(14,15)16)8-4-6-21-11(24)13(17,18)19/h3-9H2,1-2H3,(H,20,23)(H,21,24). The summed E-state index contributed by atoms with van der Waals surface area (Å²) in [5.74, 6) is -4.21. The van der Waals surface area contributed by atoms with Crippen LogP contribution in [0.3, 0.4) is 0 Å². The van der Waals surface area contributed by atoms with E-state index in [-0.39, 0.29) is 45.3 Å². The highest BCUT2D eigenvalue weighted by atomic mass is 31.2. The zero-order chi connectivity index (χ0) is 22.0. The van der Waals surface area contributed by atoms with E-state index in [1.165, 1.54) is 4.90 Å². The summed E-state index contributed by atoms with van der Waals surface area (Å²) in [5.41, 5.74) is 0. The Morgan fingerprint density at radius 1 is 0.857 bits per heavy atom. The largest absolute Gasteiger partial charge is 0.471 e. The second-order valence-electron chi connectivity index (χ2n) is 5.45. The van der Waals surface area contributed by atoms with Crippen molar-refractivity contribution in [2.24, 2.45) is 0 Å². The Morgan fingerprint density at radius 3 is 1.50 bits per heavy atom. The van der Waals surface area contributed by atoms with Crippen molar-refractivity contribution in [3.05, 3.63) is 0 Å².